The molecule has 0 bridgehead atoms. The lowest BCUT2D eigenvalue weighted by atomic mass is 10.1. The van der Waals surface area contributed by atoms with Crippen molar-refractivity contribution < 1.29 is 9.21 Å². The summed E-state index contributed by atoms with van der Waals surface area (Å²) in [5.41, 5.74) is 0.274. The summed E-state index contributed by atoms with van der Waals surface area (Å²) in [6, 6.07) is 8.12. The maximum atomic E-state index is 11.9. The van der Waals surface area contributed by atoms with Crippen molar-refractivity contribution in [2.24, 2.45) is 0 Å². The Morgan fingerprint density at radius 1 is 1.07 bits per heavy atom. The van der Waals surface area contributed by atoms with E-state index in [1.807, 2.05) is 0 Å². The van der Waals surface area contributed by atoms with E-state index in [-0.39, 0.29) is 17.1 Å². The lowest BCUT2D eigenvalue weighted by Crippen LogP contribution is -2.01. The number of carbonyl (C=O) groups is 1. The predicted molar refractivity (Wildman–Crippen MR) is 58.6 cm³/mol. The van der Waals surface area contributed by atoms with E-state index in [2.05, 4.69) is 0 Å². The van der Waals surface area contributed by atoms with Gasteiger partial charge >= 0.3 is 0 Å². The summed E-state index contributed by atoms with van der Waals surface area (Å²) in [6.45, 7) is 0. The zero-order chi connectivity index (χ0) is 10.8. The maximum Gasteiger partial charge on any atom is 0.231 e. The van der Waals surface area contributed by atoms with Crippen molar-refractivity contribution in [2.75, 3.05) is 0 Å². The van der Waals surface area contributed by atoms with Crippen LogP contribution in [0.15, 0.2) is 41.0 Å². The van der Waals surface area contributed by atoms with E-state index in [1.54, 1.807) is 30.3 Å². The van der Waals surface area contributed by atoms with Gasteiger partial charge in [-0.05, 0) is 24.3 Å². The molecule has 0 unspecified atom stereocenters. The molecule has 0 fully saturated rings. The normalized spacial score (nSPS) is 10.3. The van der Waals surface area contributed by atoms with E-state index in [4.69, 9.17) is 27.6 Å². The third kappa shape index (κ3) is 1.91. The Bertz CT molecular complexity index is 469. The molecule has 2 nitrogen and oxygen atoms in total. The van der Waals surface area contributed by atoms with Crippen LogP contribution in [-0.2, 0) is 0 Å². The number of benzene rings is 1. The van der Waals surface area contributed by atoms with Crippen molar-refractivity contribution in [3.63, 3.8) is 0 Å². The van der Waals surface area contributed by atoms with Crippen molar-refractivity contribution in [1.29, 1.82) is 0 Å². The molecule has 0 saturated heterocycles. The number of furan rings is 1. The van der Waals surface area contributed by atoms with Crippen LogP contribution in [0.1, 0.15) is 16.1 Å². The van der Waals surface area contributed by atoms with Gasteiger partial charge in [-0.2, -0.15) is 0 Å². The van der Waals surface area contributed by atoms with Gasteiger partial charge in [0, 0.05) is 0 Å². The topological polar surface area (TPSA) is 30.2 Å². The molecule has 15 heavy (non-hydrogen) atoms. The smallest absolute Gasteiger partial charge is 0.231 e. The highest BCUT2D eigenvalue weighted by molar-refractivity contribution is 6.40. The molecule has 2 aromatic rings. The number of ketones is 1. The first-order valence-electron chi connectivity index (χ1n) is 4.22. The van der Waals surface area contributed by atoms with Crippen LogP contribution in [0.2, 0.25) is 10.0 Å². The standard InChI is InChI=1S/C11H6Cl2O2/c12-7-3-1-4-8(13)10(7)11(14)9-5-2-6-15-9/h1-6H. The second-order valence-corrected chi connectivity index (χ2v) is 3.72. The summed E-state index contributed by atoms with van der Waals surface area (Å²) < 4.78 is 4.99. The first-order chi connectivity index (χ1) is 7.20. The summed E-state index contributed by atoms with van der Waals surface area (Å²) in [4.78, 5) is 11.9. The Kier molecular flexibility index (Phi) is 2.80. The molecular formula is C11H6Cl2O2. The van der Waals surface area contributed by atoms with Gasteiger partial charge in [-0.15, -0.1) is 0 Å². The van der Waals surface area contributed by atoms with Gasteiger partial charge in [-0.3, -0.25) is 4.79 Å². The fraction of sp³-hybridized carbons (Fsp3) is 0. The Hall–Kier alpha value is -1.25. The van der Waals surface area contributed by atoms with E-state index < -0.39 is 0 Å². The minimum Gasteiger partial charge on any atom is -0.461 e. The van der Waals surface area contributed by atoms with Gasteiger partial charge in [0.2, 0.25) is 5.78 Å². The van der Waals surface area contributed by atoms with Crippen molar-refractivity contribution in [2.45, 2.75) is 0 Å². The molecule has 76 valence electrons. The molecule has 0 saturated carbocycles. The van der Waals surface area contributed by atoms with E-state index in [1.165, 1.54) is 6.26 Å². The third-order valence-electron chi connectivity index (χ3n) is 1.93. The van der Waals surface area contributed by atoms with Gasteiger partial charge in [0.05, 0.1) is 21.9 Å². The maximum absolute atomic E-state index is 11.9. The van der Waals surface area contributed by atoms with E-state index >= 15 is 0 Å². The second kappa shape index (κ2) is 4.09. The third-order valence-corrected chi connectivity index (χ3v) is 2.56. The molecule has 1 aromatic carbocycles. The lowest BCUT2D eigenvalue weighted by molar-refractivity contribution is 0.101. The van der Waals surface area contributed by atoms with Crippen LogP contribution in [0.3, 0.4) is 0 Å². The molecule has 0 spiro atoms. The van der Waals surface area contributed by atoms with E-state index in [0.717, 1.165) is 0 Å². The van der Waals surface area contributed by atoms with E-state index in [0.29, 0.717) is 10.0 Å². The lowest BCUT2D eigenvalue weighted by Gasteiger charge is -2.02. The molecule has 0 N–H and O–H groups in total. The van der Waals surface area contributed by atoms with Crippen molar-refractivity contribution in [3.05, 3.63) is 58.0 Å². The minimum atomic E-state index is -0.310. The zero-order valence-corrected chi connectivity index (χ0v) is 9.05. The molecule has 0 aliphatic heterocycles. The molecule has 1 heterocycles. The zero-order valence-electron chi connectivity index (χ0n) is 7.54. The second-order valence-electron chi connectivity index (χ2n) is 2.90. The summed E-state index contributed by atoms with van der Waals surface area (Å²) in [5, 5.41) is 0.646. The van der Waals surface area contributed by atoms with Crippen molar-refractivity contribution >= 4 is 29.0 Å². The van der Waals surface area contributed by atoms with Crippen molar-refractivity contribution in [1.82, 2.24) is 0 Å². The van der Waals surface area contributed by atoms with Gasteiger partial charge in [0.15, 0.2) is 5.76 Å². The summed E-state index contributed by atoms with van der Waals surface area (Å²) in [7, 11) is 0. The van der Waals surface area contributed by atoms with Crippen LogP contribution < -0.4 is 0 Å². The quantitative estimate of drug-likeness (QED) is 0.748. The summed E-state index contributed by atoms with van der Waals surface area (Å²) in [5.74, 6) is -0.0828. The largest absolute Gasteiger partial charge is 0.461 e. The van der Waals surface area contributed by atoms with Gasteiger partial charge in [0.1, 0.15) is 0 Å². The average Bonchev–Trinajstić information content (AvgIpc) is 2.69. The fourth-order valence-electron chi connectivity index (χ4n) is 1.25. The number of carbonyl (C=O) groups excluding carboxylic acids is 1. The number of halogens is 2. The average molecular weight is 241 g/mol. The number of rotatable bonds is 2. The minimum absolute atomic E-state index is 0.227. The van der Waals surface area contributed by atoms with Crippen LogP contribution in [-0.4, -0.2) is 5.78 Å². The number of hydrogen-bond acceptors (Lipinski definition) is 2. The SMILES string of the molecule is O=C(c1ccco1)c1c(Cl)cccc1Cl. The molecule has 0 aliphatic carbocycles. The molecular weight excluding hydrogens is 235 g/mol. The first-order valence-corrected chi connectivity index (χ1v) is 4.98. The van der Waals surface area contributed by atoms with Crippen LogP contribution >= 0.6 is 23.2 Å². The molecule has 0 radical (unpaired) electrons. The first kappa shape index (κ1) is 10.3. The Morgan fingerprint density at radius 3 is 2.27 bits per heavy atom. The molecule has 1 aromatic heterocycles. The number of hydrogen-bond donors (Lipinski definition) is 0. The van der Waals surface area contributed by atoms with Crippen LogP contribution in [0.4, 0.5) is 0 Å². The predicted octanol–water partition coefficient (Wildman–Crippen LogP) is 3.82. The Labute approximate surface area is 96.4 Å². The highest BCUT2D eigenvalue weighted by Crippen LogP contribution is 2.26. The fourth-order valence-corrected chi connectivity index (χ4v) is 1.81. The van der Waals surface area contributed by atoms with Crippen molar-refractivity contribution in [3.8, 4) is 0 Å². The van der Waals surface area contributed by atoms with Crippen LogP contribution in [0.25, 0.3) is 0 Å². The summed E-state index contributed by atoms with van der Waals surface area (Å²) in [6.07, 6.45) is 1.43. The molecule has 0 aliphatic rings. The molecule has 0 amide bonds. The van der Waals surface area contributed by atoms with Crippen LogP contribution in [0.5, 0.6) is 0 Å². The Morgan fingerprint density at radius 2 is 1.73 bits per heavy atom. The van der Waals surface area contributed by atoms with E-state index in [9.17, 15) is 4.79 Å². The van der Waals surface area contributed by atoms with Gasteiger partial charge < -0.3 is 4.42 Å². The van der Waals surface area contributed by atoms with Gasteiger partial charge in [0.25, 0.3) is 0 Å². The molecule has 0 atom stereocenters. The van der Waals surface area contributed by atoms with Gasteiger partial charge in [-0.25, -0.2) is 0 Å². The molecule has 4 heteroatoms. The van der Waals surface area contributed by atoms with Gasteiger partial charge in [-0.1, -0.05) is 29.3 Å². The monoisotopic (exact) mass is 240 g/mol. The molecule has 2 rings (SSSR count). The summed E-state index contributed by atoms with van der Waals surface area (Å²) >= 11 is 11.8. The highest BCUT2D eigenvalue weighted by Gasteiger charge is 2.18. The Balaban J connectivity index is 2.51. The highest BCUT2D eigenvalue weighted by atomic mass is 35.5. The van der Waals surface area contributed by atoms with Crippen LogP contribution in [0, 0.1) is 0 Å².